The van der Waals surface area contributed by atoms with Crippen molar-refractivity contribution in [3.05, 3.63) is 45.9 Å². The lowest BCUT2D eigenvalue weighted by molar-refractivity contribution is 0.0926. The summed E-state index contributed by atoms with van der Waals surface area (Å²) in [6.07, 6.45) is 6.34. The van der Waals surface area contributed by atoms with Crippen molar-refractivity contribution in [2.24, 2.45) is 18.9 Å². The largest absolute Gasteiger partial charge is 0.348 e. The molecule has 0 unspecified atom stereocenters. The van der Waals surface area contributed by atoms with Crippen LogP contribution in [0.15, 0.2) is 34.8 Å². The number of likely N-dealkylation sites (tertiary alicyclic amines) is 1. The Labute approximate surface area is 143 Å². The van der Waals surface area contributed by atoms with E-state index in [9.17, 15) is 9.59 Å². The molecule has 130 valence electrons. The minimum absolute atomic E-state index is 0.138. The SMILES string of the molecule is C/C=C(\C)CN1C[C@H](NC(=O)c2cccn(C)c2=O)[C@@H](C2CC2)C1. The molecule has 3 rings (SSSR count). The van der Waals surface area contributed by atoms with Crippen LogP contribution in [0.3, 0.4) is 0 Å². The molecule has 5 heteroatoms. The smallest absolute Gasteiger partial charge is 0.263 e. The third-order valence-electron chi connectivity index (χ3n) is 5.32. The maximum atomic E-state index is 12.6. The van der Waals surface area contributed by atoms with Crippen LogP contribution >= 0.6 is 0 Å². The summed E-state index contributed by atoms with van der Waals surface area (Å²) >= 11 is 0. The number of pyridine rings is 1. The number of nitrogens with one attached hydrogen (secondary N) is 1. The molecular weight excluding hydrogens is 302 g/mol. The Balaban J connectivity index is 1.71. The van der Waals surface area contributed by atoms with Gasteiger partial charge >= 0.3 is 0 Å². The van der Waals surface area contributed by atoms with Crippen LogP contribution in [0, 0.1) is 11.8 Å². The number of carbonyl (C=O) groups is 1. The molecule has 1 aromatic rings. The zero-order valence-corrected chi connectivity index (χ0v) is 14.8. The van der Waals surface area contributed by atoms with Gasteiger partial charge in [-0.05, 0) is 50.7 Å². The molecule has 0 radical (unpaired) electrons. The van der Waals surface area contributed by atoms with Crippen molar-refractivity contribution in [3.63, 3.8) is 0 Å². The van der Waals surface area contributed by atoms with Gasteiger partial charge in [0, 0.05) is 38.9 Å². The average molecular weight is 329 g/mol. The lowest BCUT2D eigenvalue weighted by Gasteiger charge is -2.19. The summed E-state index contributed by atoms with van der Waals surface area (Å²) in [6, 6.07) is 3.49. The second-order valence-electron chi connectivity index (χ2n) is 7.25. The van der Waals surface area contributed by atoms with Crippen molar-refractivity contribution >= 4 is 5.91 Å². The number of rotatable bonds is 5. The fourth-order valence-corrected chi connectivity index (χ4v) is 3.66. The average Bonchev–Trinajstić information content (AvgIpc) is 3.32. The lowest BCUT2D eigenvalue weighted by Crippen LogP contribution is -2.43. The molecule has 1 aliphatic carbocycles. The van der Waals surface area contributed by atoms with Gasteiger partial charge in [-0.2, -0.15) is 0 Å². The predicted molar refractivity (Wildman–Crippen MR) is 95.0 cm³/mol. The molecule has 1 amide bonds. The van der Waals surface area contributed by atoms with Gasteiger partial charge < -0.3 is 9.88 Å². The first-order chi connectivity index (χ1) is 11.5. The Bertz CT molecular complexity index is 703. The number of allylic oxidation sites excluding steroid dienone is 1. The van der Waals surface area contributed by atoms with Crippen molar-refractivity contribution in [1.82, 2.24) is 14.8 Å². The molecule has 1 saturated heterocycles. The van der Waals surface area contributed by atoms with Crippen LogP contribution in [-0.2, 0) is 7.05 Å². The first kappa shape index (κ1) is 17.0. The first-order valence-corrected chi connectivity index (χ1v) is 8.80. The summed E-state index contributed by atoms with van der Waals surface area (Å²) in [5.41, 5.74) is 1.35. The third kappa shape index (κ3) is 3.61. The van der Waals surface area contributed by atoms with Crippen molar-refractivity contribution in [2.45, 2.75) is 32.7 Å². The summed E-state index contributed by atoms with van der Waals surface area (Å²) in [5.74, 6) is 0.993. The number of hydrogen-bond acceptors (Lipinski definition) is 3. The molecule has 0 bridgehead atoms. The van der Waals surface area contributed by atoms with Crippen LogP contribution < -0.4 is 10.9 Å². The highest BCUT2D eigenvalue weighted by Crippen LogP contribution is 2.41. The number of hydrogen-bond donors (Lipinski definition) is 1. The molecule has 1 N–H and O–H groups in total. The van der Waals surface area contributed by atoms with Gasteiger partial charge in [-0.1, -0.05) is 11.6 Å². The maximum Gasteiger partial charge on any atom is 0.263 e. The van der Waals surface area contributed by atoms with Crippen LogP contribution in [-0.4, -0.2) is 41.1 Å². The van der Waals surface area contributed by atoms with Crippen LogP contribution in [0.5, 0.6) is 0 Å². The summed E-state index contributed by atoms with van der Waals surface area (Å²) < 4.78 is 1.45. The van der Waals surface area contributed by atoms with Gasteiger partial charge in [0.25, 0.3) is 11.5 Å². The topological polar surface area (TPSA) is 54.3 Å². The molecule has 1 aliphatic heterocycles. The van der Waals surface area contributed by atoms with Crippen molar-refractivity contribution in [3.8, 4) is 0 Å². The Hall–Kier alpha value is -1.88. The monoisotopic (exact) mass is 329 g/mol. The number of carbonyl (C=O) groups excluding carboxylic acids is 1. The summed E-state index contributed by atoms with van der Waals surface area (Å²) in [4.78, 5) is 27.2. The Morgan fingerprint density at radius 3 is 2.79 bits per heavy atom. The predicted octanol–water partition coefficient (Wildman–Crippen LogP) is 1.79. The zero-order valence-electron chi connectivity index (χ0n) is 14.8. The molecule has 0 aromatic carbocycles. The van der Waals surface area contributed by atoms with Crippen LogP contribution in [0.2, 0.25) is 0 Å². The molecule has 2 fully saturated rings. The minimum Gasteiger partial charge on any atom is -0.348 e. The first-order valence-electron chi connectivity index (χ1n) is 8.80. The second kappa shape index (κ2) is 6.93. The van der Waals surface area contributed by atoms with E-state index in [1.54, 1.807) is 25.4 Å². The fraction of sp³-hybridized carbons (Fsp3) is 0.579. The highest BCUT2D eigenvalue weighted by atomic mass is 16.2. The van der Waals surface area contributed by atoms with Gasteiger partial charge in [-0.3, -0.25) is 14.5 Å². The van der Waals surface area contributed by atoms with Crippen LogP contribution in [0.4, 0.5) is 0 Å². The molecule has 24 heavy (non-hydrogen) atoms. The number of aryl methyl sites for hydroxylation is 1. The molecule has 1 aromatic heterocycles. The van der Waals surface area contributed by atoms with E-state index in [4.69, 9.17) is 0 Å². The summed E-state index contributed by atoms with van der Waals surface area (Å²) in [5, 5.41) is 3.14. The lowest BCUT2D eigenvalue weighted by atomic mass is 9.98. The van der Waals surface area contributed by atoms with Gasteiger partial charge in [0.05, 0.1) is 0 Å². The highest BCUT2D eigenvalue weighted by molar-refractivity contribution is 5.94. The highest BCUT2D eigenvalue weighted by Gasteiger charge is 2.43. The standard InChI is InChI=1S/C19H27N3O2/c1-4-13(2)10-22-11-16(14-7-8-14)17(12-22)20-18(23)15-6-5-9-21(3)19(15)24/h4-6,9,14,16-17H,7-8,10-12H2,1-3H3,(H,20,23)/b13-4+/t16-,17+/m1/s1. The second-order valence-corrected chi connectivity index (χ2v) is 7.25. The normalized spacial score (nSPS) is 25.0. The Morgan fingerprint density at radius 1 is 1.38 bits per heavy atom. The molecule has 0 spiro atoms. The van der Waals surface area contributed by atoms with Crippen LogP contribution in [0.25, 0.3) is 0 Å². The van der Waals surface area contributed by atoms with Gasteiger partial charge in [-0.25, -0.2) is 0 Å². The van der Waals surface area contributed by atoms with Gasteiger partial charge in [0.15, 0.2) is 0 Å². The Morgan fingerprint density at radius 2 is 2.12 bits per heavy atom. The molecule has 5 nitrogen and oxygen atoms in total. The van der Waals surface area contributed by atoms with Crippen molar-refractivity contribution in [2.75, 3.05) is 19.6 Å². The van der Waals surface area contributed by atoms with E-state index in [2.05, 4.69) is 30.1 Å². The molecule has 2 heterocycles. The molecule has 1 saturated carbocycles. The van der Waals surface area contributed by atoms with E-state index in [1.807, 2.05) is 0 Å². The fourth-order valence-electron chi connectivity index (χ4n) is 3.66. The van der Waals surface area contributed by atoms with E-state index in [-0.39, 0.29) is 23.1 Å². The summed E-state index contributed by atoms with van der Waals surface area (Å²) in [6.45, 7) is 7.07. The van der Waals surface area contributed by atoms with E-state index in [0.717, 1.165) is 25.6 Å². The van der Waals surface area contributed by atoms with Gasteiger partial charge in [0.1, 0.15) is 5.56 Å². The number of amides is 1. The van der Waals surface area contributed by atoms with Crippen LogP contribution in [0.1, 0.15) is 37.0 Å². The number of nitrogens with zero attached hydrogens (tertiary/aromatic N) is 2. The number of aromatic nitrogens is 1. The minimum atomic E-state index is -0.239. The third-order valence-corrected chi connectivity index (χ3v) is 5.32. The summed E-state index contributed by atoms with van der Waals surface area (Å²) in [7, 11) is 1.67. The van der Waals surface area contributed by atoms with E-state index < -0.39 is 0 Å². The molecule has 2 atom stereocenters. The molecule has 2 aliphatic rings. The zero-order chi connectivity index (χ0) is 17.3. The van der Waals surface area contributed by atoms with Gasteiger partial charge in [-0.15, -0.1) is 0 Å². The quantitative estimate of drug-likeness (QED) is 0.838. The van der Waals surface area contributed by atoms with E-state index in [0.29, 0.717) is 5.92 Å². The van der Waals surface area contributed by atoms with E-state index >= 15 is 0 Å². The van der Waals surface area contributed by atoms with Crippen molar-refractivity contribution in [1.29, 1.82) is 0 Å². The van der Waals surface area contributed by atoms with E-state index in [1.165, 1.54) is 23.0 Å². The van der Waals surface area contributed by atoms with Crippen molar-refractivity contribution < 1.29 is 4.79 Å². The van der Waals surface area contributed by atoms with Gasteiger partial charge in [0.2, 0.25) is 0 Å². The molecular formula is C19H27N3O2. The Kier molecular flexibility index (Phi) is 4.90. The maximum absolute atomic E-state index is 12.6.